The molecule has 34 heavy (non-hydrogen) atoms. The molecule has 2 heterocycles. The van der Waals surface area contributed by atoms with E-state index in [4.69, 9.17) is 0 Å². The summed E-state index contributed by atoms with van der Waals surface area (Å²) in [6, 6.07) is 39.1. The third-order valence-corrected chi connectivity index (χ3v) is 5.67. The van der Waals surface area contributed by atoms with Gasteiger partial charge in [-0.3, -0.25) is 9.78 Å². The maximum absolute atomic E-state index is 12.1. The number of nitrogens with zero attached hydrogens (tertiary/aromatic N) is 2. The van der Waals surface area contributed by atoms with Gasteiger partial charge in [0.1, 0.15) is 0 Å². The highest BCUT2D eigenvalue weighted by Gasteiger charge is 2.09. The summed E-state index contributed by atoms with van der Waals surface area (Å²) >= 11 is 0. The minimum Gasteiger partial charge on any atom is -0.425 e. The molecule has 0 saturated carbocycles. The van der Waals surface area contributed by atoms with E-state index in [0.717, 1.165) is 16.5 Å². The van der Waals surface area contributed by atoms with Crippen LogP contribution in [0.15, 0.2) is 132 Å². The van der Waals surface area contributed by atoms with Crippen LogP contribution in [0.1, 0.15) is 0 Å². The van der Waals surface area contributed by atoms with Crippen molar-refractivity contribution in [3.05, 3.63) is 138 Å². The van der Waals surface area contributed by atoms with Crippen LogP contribution in [0.2, 0.25) is 0 Å². The van der Waals surface area contributed by atoms with E-state index in [0.29, 0.717) is 15.8 Å². The molecule has 0 aliphatic heterocycles. The molecule has 6 rings (SSSR count). The Morgan fingerprint density at radius 1 is 0.588 bits per heavy atom. The molecule has 4 heteroatoms. The number of hydrogen-bond acceptors (Lipinski definition) is 3. The zero-order valence-corrected chi connectivity index (χ0v) is 18.4. The standard InChI is InChI=1S/C15H11NO2.C15H11N/c17-15-13(11-6-2-1-3-7-11)10-12-8-4-5-9-14(12)16(15)18;1-2-6-12(7-3-1)14-10-13-8-4-5-9-15(13)16-11-14/h1-10,18H;1-11H. The second kappa shape index (κ2) is 9.43. The molecule has 0 radical (unpaired) electrons. The Morgan fingerprint density at radius 3 is 1.91 bits per heavy atom. The van der Waals surface area contributed by atoms with Gasteiger partial charge in [-0.2, -0.15) is 0 Å². The highest BCUT2D eigenvalue weighted by Crippen LogP contribution is 2.22. The molecule has 0 atom stereocenters. The fourth-order valence-electron chi connectivity index (χ4n) is 3.93. The smallest absolute Gasteiger partial charge is 0.291 e. The molecule has 4 nitrogen and oxygen atoms in total. The SMILES string of the molecule is O=c1c(-c2ccccc2)cc2ccccc2n1O.c1ccc(-c2cnc3ccccc3c2)cc1. The van der Waals surface area contributed by atoms with Crippen molar-refractivity contribution in [1.29, 1.82) is 0 Å². The number of pyridine rings is 2. The Labute approximate surface area is 197 Å². The summed E-state index contributed by atoms with van der Waals surface area (Å²) in [5, 5.41) is 11.9. The first-order chi connectivity index (χ1) is 16.7. The summed E-state index contributed by atoms with van der Waals surface area (Å²) in [6.45, 7) is 0. The van der Waals surface area contributed by atoms with E-state index in [-0.39, 0.29) is 0 Å². The summed E-state index contributed by atoms with van der Waals surface area (Å²) in [4.78, 5) is 16.6. The van der Waals surface area contributed by atoms with E-state index in [2.05, 4.69) is 29.2 Å². The first-order valence-electron chi connectivity index (χ1n) is 11.0. The monoisotopic (exact) mass is 442 g/mol. The van der Waals surface area contributed by atoms with Crippen LogP contribution in [0, 0.1) is 0 Å². The number of hydrogen-bond donors (Lipinski definition) is 1. The van der Waals surface area contributed by atoms with E-state index in [9.17, 15) is 10.0 Å². The largest absolute Gasteiger partial charge is 0.425 e. The molecule has 1 N–H and O–H groups in total. The lowest BCUT2D eigenvalue weighted by molar-refractivity contribution is 0.189. The quantitative estimate of drug-likeness (QED) is 0.300. The van der Waals surface area contributed by atoms with E-state index in [1.165, 1.54) is 16.5 Å². The molecule has 0 aliphatic rings. The predicted octanol–water partition coefficient (Wildman–Crippen LogP) is 6.81. The van der Waals surface area contributed by atoms with Crippen LogP contribution in [0.3, 0.4) is 0 Å². The molecule has 0 bridgehead atoms. The van der Waals surface area contributed by atoms with Crippen molar-refractivity contribution in [1.82, 2.24) is 9.71 Å². The second-order valence-corrected chi connectivity index (χ2v) is 7.88. The molecular formula is C30H22N2O2. The van der Waals surface area contributed by atoms with Gasteiger partial charge in [0, 0.05) is 22.5 Å². The minimum atomic E-state index is -0.403. The van der Waals surface area contributed by atoms with Gasteiger partial charge in [-0.1, -0.05) is 97.1 Å². The molecule has 0 aliphatic carbocycles. The molecule has 2 aromatic heterocycles. The average molecular weight is 443 g/mol. The van der Waals surface area contributed by atoms with Gasteiger partial charge in [0.15, 0.2) is 0 Å². The van der Waals surface area contributed by atoms with Crippen molar-refractivity contribution in [2.24, 2.45) is 0 Å². The molecule has 0 spiro atoms. The van der Waals surface area contributed by atoms with E-state index < -0.39 is 5.56 Å². The van der Waals surface area contributed by atoms with Gasteiger partial charge in [-0.15, -0.1) is 4.73 Å². The number of aromatic nitrogens is 2. The number of fused-ring (bicyclic) bond motifs is 2. The van der Waals surface area contributed by atoms with Gasteiger partial charge in [0.25, 0.3) is 5.56 Å². The average Bonchev–Trinajstić information content (AvgIpc) is 2.92. The van der Waals surface area contributed by atoms with Crippen molar-refractivity contribution in [3.8, 4) is 22.3 Å². The van der Waals surface area contributed by atoms with Crippen LogP contribution in [0.4, 0.5) is 0 Å². The van der Waals surface area contributed by atoms with Crippen molar-refractivity contribution < 1.29 is 5.21 Å². The van der Waals surface area contributed by atoms with E-state index in [1.807, 2.05) is 85.1 Å². The first kappa shape index (κ1) is 21.2. The zero-order chi connectivity index (χ0) is 23.3. The normalized spacial score (nSPS) is 10.6. The maximum Gasteiger partial charge on any atom is 0.291 e. The summed E-state index contributed by atoms with van der Waals surface area (Å²) in [5.41, 5.74) is 4.83. The van der Waals surface area contributed by atoms with Gasteiger partial charge in [-0.25, -0.2) is 0 Å². The molecule has 0 fully saturated rings. The van der Waals surface area contributed by atoms with E-state index in [1.54, 1.807) is 18.2 Å². The van der Waals surface area contributed by atoms with E-state index >= 15 is 0 Å². The zero-order valence-electron chi connectivity index (χ0n) is 18.4. The number of rotatable bonds is 2. The van der Waals surface area contributed by atoms with Crippen molar-refractivity contribution in [2.45, 2.75) is 0 Å². The highest BCUT2D eigenvalue weighted by atomic mass is 16.5. The lowest BCUT2D eigenvalue weighted by Crippen LogP contribution is -2.19. The van der Waals surface area contributed by atoms with Crippen LogP contribution in [-0.4, -0.2) is 14.9 Å². The minimum absolute atomic E-state index is 0.403. The molecule has 0 unspecified atom stereocenters. The van der Waals surface area contributed by atoms with Crippen LogP contribution in [0.25, 0.3) is 44.1 Å². The van der Waals surface area contributed by atoms with Crippen LogP contribution >= 0.6 is 0 Å². The Kier molecular flexibility index (Phi) is 5.87. The molecule has 0 amide bonds. The van der Waals surface area contributed by atoms with Crippen molar-refractivity contribution >= 4 is 21.8 Å². The Hall–Kier alpha value is -4.70. The van der Waals surface area contributed by atoms with Crippen LogP contribution < -0.4 is 5.56 Å². The molecule has 4 aromatic carbocycles. The summed E-state index contributed by atoms with van der Waals surface area (Å²) in [6.07, 6.45) is 1.93. The summed E-state index contributed by atoms with van der Waals surface area (Å²) in [7, 11) is 0. The highest BCUT2D eigenvalue weighted by molar-refractivity contribution is 5.84. The lowest BCUT2D eigenvalue weighted by Gasteiger charge is -2.07. The second-order valence-electron chi connectivity index (χ2n) is 7.88. The van der Waals surface area contributed by atoms with Crippen LogP contribution in [-0.2, 0) is 0 Å². The van der Waals surface area contributed by atoms with Crippen LogP contribution in [0.5, 0.6) is 0 Å². The summed E-state index contributed by atoms with van der Waals surface area (Å²) in [5.74, 6) is 0. The van der Waals surface area contributed by atoms with Gasteiger partial charge >= 0.3 is 0 Å². The third kappa shape index (κ3) is 4.30. The molecular weight excluding hydrogens is 420 g/mol. The Balaban J connectivity index is 0.000000142. The van der Waals surface area contributed by atoms with Gasteiger partial charge in [0.05, 0.1) is 16.6 Å². The third-order valence-electron chi connectivity index (χ3n) is 5.67. The molecule has 0 saturated heterocycles. The van der Waals surface area contributed by atoms with Crippen molar-refractivity contribution in [2.75, 3.05) is 0 Å². The summed E-state index contributed by atoms with van der Waals surface area (Å²) < 4.78 is 0.706. The number of para-hydroxylation sites is 2. The fourth-order valence-corrected chi connectivity index (χ4v) is 3.93. The number of benzene rings is 4. The Morgan fingerprint density at radius 2 is 1.18 bits per heavy atom. The lowest BCUT2D eigenvalue weighted by atomic mass is 10.1. The topological polar surface area (TPSA) is 55.1 Å². The predicted molar refractivity (Wildman–Crippen MR) is 138 cm³/mol. The van der Waals surface area contributed by atoms with Gasteiger partial charge in [0.2, 0.25) is 0 Å². The van der Waals surface area contributed by atoms with Gasteiger partial charge in [-0.05, 0) is 35.4 Å². The molecule has 164 valence electrons. The Bertz CT molecular complexity index is 1620. The fraction of sp³-hybridized carbons (Fsp3) is 0. The maximum atomic E-state index is 12.1. The van der Waals surface area contributed by atoms with Crippen molar-refractivity contribution in [3.63, 3.8) is 0 Å². The first-order valence-corrected chi connectivity index (χ1v) is 11.0. The molecule has 6 aromatic rings. The van der Waals surface area contributed by atoms with Gasteiger partial charge < -0.3 is 5.21 Å².